The Labute approximate surface area is 120 Å². The molecule has 0 spiro atoms. The summed E-state index contributed by atoms with van der Waals surface area (Å²) >= 11 is 0. The van der Waals surface area contributed by atoms with Gasteiger partial charge < -0.3 is 10.3 Å². The largest absolute Gasteiger partial charge is 0.361 e. The van der Waals surface area contributed by atoms with E-state index in [-0.39, 0.29) is 0 Å². The lowest BCUT2D eigenvalue weighted by atomic mass is 10.1. The van der Waals surface area contributed by atoms with Crippen LogP contribution in [-0.4, -0.2) is 42.6 Å². The summed E-state index contributed by atoms with van der Waals surface area (Å²) in [5.41, 5.74) is 2.49. The molecular formula is C17H21N3. The first-order valence-corrected chi connectivity index (χ1v) is 7.37. The van der Waals surface area contributed by atoms with Crippen LogP contribution in [0.2, 0.25) is 0 Å². The van der Waals surface area contributed by atoms with E-state index in [1.165, 1.54) is 22.9 Å². The van der Waals surface area contributed by atoms with Crippen molar-refractivity contribution in [1.82, 2.24) is 15.2 Å². The van der Waals surface area contributed by atoms with Gasteiger partial charge in [-0.2, -0.15) is 0 Å². The predicted octanol–water partition coefficient (Wildman–Crippen LogP) is 2.01. The first-order chi connectivity index (χ1) is 9.93. The summed E-state index contributed by atoms with van der Waals surface area (Å²) in [5.74, 6) is 6.64. The average molecular weight is 267 g/mol. The average Bonchev–Trinajstić information content (AvgIpc) is 2.71. The summed E-state index contributed by atoms with van der Waals surface area (Å²) < 4.78 is 0. The topological polar surface area (TPSA) is 31.1 Å². The fraction of sp³-hybridized carbons (Fsp3) is 0.412. The van der Waals surface area contributed by atoms with Crippen LogP contribution in [0, 0.1) is 11.8 Å². The zero-order chi connectivity index (χ0) is 13.6. The highest BCUT2D eigenvalue weighted by Gasteiger charge is 2.06. The van der Waals surface area contributed by atoms with Crippen LogP contribution in [0.15, 0.2) is 30.5 Å². The van der Waals surface area contributed by atoms with E-state index in [0.717, 1.165) is 39.1 Å². The molecule has 1 fully saturated rings. The molecule has 0 radical (unpaired) electrons. The van der Waals surface area contributed by atoms with Gasteiger partial charge in [-0.1, -0.05) is 30.0 Å². The van der Waals surface area contributed by atoms with E-state index in [4.69, 9.17) is 0 Å². The van der Waals surface area contributed by atoms with Crippen molar-refractivity contribution in [1.29, 1.82) is 0 Å². The van der Waals surface area contributed by atoms with E-state index in [1.807, 2.05) is 0 Å². The molecule has 1 aliphatic rings. The summed E-state index contributed by atoms with van der Waals surface area (Å²) in [6.45, 7) is 5.39. The minimum Gasteiger partial charge on any atom is -0.361 e. The first kappa shape index (κ1) is 13.2. The maximum Gasteiger partial charge on any atom is 0.0602 e. The van der Waals surface area contributed by atoms with Crippen molar-refractivity contribution >= 4 is 10.9 Å². The number of nitrogens with zero attached hydrogens (tertiary/aromatic N) is 1. The number of para-hydroxylation sites is 1. The number of hydrogen-bond acceptors (Lipinski definition) is 2. The third-order valence-electron chi connectivity index (χ3n) is 3.81. The number of aromatic nitrogens is 1. The van der Waals surface area contributed by atoms with Gasteiger partial charge in [-0.3, -0.25) is 4.90 Å². The monoisotopic (exact) mass is 267 g/mol. The summed E-state index contributed by atoms with van der Waals surface area (Å²) in [6, 6.07) is 8.40. The second-order valence-corrected chi connectivity index (χ2v) is 5.27. The van der Waals surface area contributed by atoms with E-state index in [1.54, 1.807) is 0 Å². The van der Waals surface area contributed by atoms with Crippen LogP contribution in [0.5, 0.6) is 0 Å². The molecule has 1 aromatic heterocycles. The molecule has 20 heavy (non-hydrogen) atoms. The standard InChI is InChI=1S/C17H21N3/c1-2-8-17-16(7-1)15(14-19-17)6-3-4-11-20-12-5-9-18-10-13-20/h1-2,7-8,14,18-19H,5-6,9-13H2. The zero-order valence-corrected chi connectivity index (χ0v) is 11.8. The molecule has 1 aromatic carbocycles. The van der Waals surface area contributed by atoms with Crippen LogP contribution in [0.25, 0.3) is 10.9 Å². The summed E-state index contributed by atoms with van der Waals surface area (Å²) in [7, 11) is 0. The maximum atomic E-state index is 3.42. The van der Waals surface area contributed by atoms with Crippen LogP contribution in [0.3, 0.4) is 0 Å². The molecule has 0 atom stereocenters. The molecule has 2 aromatic rings. The molecule has 1 aliphatic heterocycles. The maximum absolute atomic E-state index is 3.42. The molecule has 3 rings (SSSR count). The summed E-state index contributed by atoms with van der Waals surface area (Å²) in [5, 5.41) is 4.71. The van der Waals surface area contributed by atoms with Gasteiger partial charge in [0.05, 0.1) is 6.54 Å². The van der Waals surface area contributed by atoms with Crippen molar-refractivity contribution in [2.75, 3.05) is 32.7 Å². The fourth-order valence-electron chi connectivity index (χ4n) is 2.66. The second kappa shape index (κ2) is 6.60. The fourth-order valence-corrected chi connectivity index (χ4v) is 2.66. The lowest BCUT2D eigenvalue weighted by molar-refractivity contribution is 0.329. The molecule has 2 N–H and O–H groups in total. The van der Waals surface area contributed by atoms with Gasteiger partial charge in [-0.05, 0) is 24.6 Å². The van der Waals surface area contributed by atoms with Gasteiger partial charge in [0, 0.05) is 43.2 Å². The Morgan fingerprint density at radius 3 is 3.05 bits per heavy atom. The molecule has 0 saturated carbocycles. The molecule has 0 amide bonds. The van der Waals surface area contributed by atoms with Crippen molar-refractivity contribution in [2.24, 2.45) is 0 Å². The van der Waals surface area contributed by atoms with Crippen LogP contribution < -0.4 is 5.32 Å². The Kier molecular flexibility index (Phi) is 4.37. The molecule has 3 heteroatoms. The first-order valence-electron chi connectivity index (χ1n) is 7.37. The van der Waals surface area contributed by atoms with Gasteiger partial charge in [-0.25, -0.2) is 0 Å². The third-order valence-corrected chi connectivity index (χ3v) is 3.81. The lowest BCUT2D eigenvalue weighted by Gasteiger charge is -2.15. The predicted molar refractivity (Wildman–Crippen MR) is 83.7 cm³/mol. The number of hydrogen-bond donors (Lipinski definition) is 2. The zero-order valence-electron chi connectivity index (χ0n) is 11.8. The molecular weight excluding hydrogens is 246 g/mol. The van der Waals surface area contributed by atoms with Crippen molar-refractivity contribution < 1.29 is 0 Å². The Hall–Kier alpha value is -1.76. The molecule has 0 aliphatic carbocycles. The van der Waals surface area contributed by atoms with Crippen LogP contribution in [0.4, 0.5) is 0 Å². The van der Waals surface area contributed by atoms with E-state index in [2.05, 4.69) is 57.5 Å². The number of H-pyrrole nitrogens is 1. The van der Waals surface area contributed by atoms with Gasteiger partial charge in [0.2, 0.25) is 0 Å². The Morgan fingerprint density at radius 1 is 1.10 bits per heavy atom. The second-order valence-electron chi connectivity index (χ2n) is 5.27. The molecule has 0 unspecified atom stereocenters. The number of aromatic amines is 1. The smallest absolute Gasteiger partial charge is 0.0602 e. The van der Waals surface area contributed by atoms with Gasteiger partial charge in [0.15, 0.2) is 0 Å². The molecule has 2 heterocycles. The Morgan fingerprint density at radius 2 is 2.05 bits per heavy atom. The number of nitrogens with one attached hydrogen (secondary N) is 2. The highest BCUT2D eigenvalue weighted by molar-refractivity contribution is 5.83. The van der Waals surface area contributed by atoms with Gasteiger partial charge in [0.1, 0.15) is 0 Å². The van der Waals surface area contributed by atoms with Crippen molar-refractivity contribution in [3.63, 3.8) is 0 Å². The number of fused-ring (bicyclic) bond motifs is 1. The molecule has 104 valence electrons. The Bertz CT molecular complexity index is 610. The van der Waals surface area contributed by atoms with Crippen LogP contribution in [0.1, 0.15) is 12.0 Å². The van der Waals surface area contributed by atoms with Crippen molar-refractivity contribution in [3.8, 4) is 11.8 Å². The molecule has 3 nitrogen and oxygen atoms in total. The minimum absolute atomic E-state index is 0.829. The number of benzene rings is 1. The summed E-state index contributed by atoms with van der Waals surface area (Å²) in [4.78, 5) is 5.73. The van der Waals surface area contributed by atoms with Gasteiger partial charge in [0.25, 0.3) is 0 Å². The lowest BCUT2D eigenvalue weighted by Crippen LogP contribution is -2.28. The minimum atomic E-state index is 0.829. The molecule has 0 bridgehead atoms. The third kappa shape index (κ3) is 3.22. The number of rotatable bonds is 2. The van der Waals surface area contributed by atoms with E-state index in [0.29, 0.717) is 0 Å². The normalized spacial score (nSPS) is 16.6. The van der Waals surface area contributed by atoms with Crippen LogP contribution >= 0.6 is 0 Å². The summed E-state index contributed by atoms with van der Waals surface area (Å²) in [6.07, 6.45) is 4.13. The van der Waals surface area contributed by atoms with Crippen molar-refractivity contribution in [2.45, 2.75) is 12.8 Å². The highest BCUT2D eigenvalue weighted by atomic mass is 15.1. The Balaban J connectivity index is 1.58. The van der Waals surface area contributed by atoms with Gasteiger partial charge >= 0.3 is 0 Å². The van der Waals surface area contributed by atoms with Crippen LogP contribution in [-0.2, 0) is 6.42 Å². The quantitative estimate of drug-likeness (QED) is 0.816. The van der Waals surface area contributed by atoms with E-state index >= 15 is 0 Å². The van der Waals surface area contributed by atoms with E-state index < -0.39 is 0 Å². The van der Waals surface area contributed by atoms with Gasteiger partial charge in [-0.15, -0.1) is 0 Å². The van der Waals surface area contributed by atoms with Crippen molar-refractivity contribution in [3.05, 3.63) is 36.0 Å². The highest BCUT2D eigenvalue weighted by Crippen LogP contribution is 2.17. The molecule has 1 saturated heterocycles. The SMILES string of the molecule is C(#CCN1CCCNCC1)Cc1c[nH]c2ccccc12. The van der Waals surface area contributed by atoms with E-state index in [9.17, 15) is 0 Å².